The zero-order valence-electron chi connectivity index (χ0n) is 12.1. The molecule has 1 N–H and O–H groups in total. The molecular formula is C17H18BrClFN. The van der Waals surface area contributed by atoms with Crippen molar-refractivity contribution in [2.24, 2.45) is 0 Å². The normalized spacial score (nSPS) is 12.4. The Bertz CT molecular complexity index is 630. The Hall–Kier alpha value is -0.900. The lowest BCUT2D eigenvalue weighted by Crippen LogP contribution is -2.23. The molecule has 4 heteroatoms. The Kier molecular flexibility index (Phi) is 5.80. The zero-order chi connectivity index (χ0) is 15.4. The van der Waals surface area contributed by atoms with Crippen LogP contribution in [0.3, 0.4) is 0 Å². The van der Waals surface area contributed by atoms with Crippen LogP contribution in [-0.2, 0) is 6.42 Å². The van der Waals surface area contributed by atoms with Crippen LogP contribution in [0.5, 0.6) is 0 Å². The Morgan fingerprint density at radius 1 is 1.24 bits per heavy atom. The van der Waals surface area contributed by atoms with Gasteiger partial charge in [-0.25, -0.2) is 4.39 Å². The average Bonchev–Trinajstić information content (AvgIpc) is 2.44. The second-order valence-electron chi connectivity index (χ2n) is 5.08. The fourth-order valence-electron chi connectivity index (χ4n) is 2.36. The predicted molar refractivity (Wildman–Crippen MR) is 90.4 cm³/mol. The molecule has 2 aromatic carbocycles. The Labute approximate surface area is 138 Å². The van der Waals surface area contributed by atoms with Gasteiger partial charge >= 0.3 is 0 Å². The molecule has 0 saturated carbocycles. The molecule has 0 aliphatic rings. The monoisotopic (exact) mass is 369 g/mol. The van der Waals surface area contributed by atoms with E-state index in [-0.39, 0.29) is 11.9 Å². The summed E-state index contributed by atoms with van der Waals surface area (Å²) in [6.45, 7) is 4.86. The zero-order valence-corrected chi connectivity index (χ0v) is 14.4. The number of hydrogen-bond acceptors (Lipinski definition) is 1. The van der Waals surface area contributed by atoms with E-state index in [1.54, 1.807) is 12.1 Å². The van der Waals surface area contributed by atoms with E-state index in [9.17, 15) is 4.39 Å². The van der Waals surface area contributed by atoms with Gasteiger partial charge in [0.15, 0.2) is 0 Å². The molecule has 0 bridgehead atoms. The summed E-state index contributed by atoms with van der Waals surface area (Å²) in [5.41, 5.74) is 3.11. The molecule has 0 spiro atoms. The molecule has 1 nitrogen and oxygen atoms in total. The standard InChI is InChI=1S/C17H18BrClFN/c1-3-21-17(14-10-13(20)6-7-15(14)18)9-12-5-4-11(2)8-16(12)19/h4-8,10,17,21H,3,9H2,1-2H3. The summed E-state index contributed by atoms with van der Waals surface area (Å²) in [6.07, 6.45) is 0.717. The Morgan fingerprint density at radius 3 is 2.67 bits per heavy atom. The number of likely N-dealkylation sites (N-methyl/N-ethyl adjacent to an activating group) is 1. The summed E-state index contributed by atoms with van der Waals surface area (Å²) >= 11 is 9.82. The van der Waals surface area contributed by atoms with Gasteiger partial charge in [-0.2, -0.15) is 0 Å². The minimum absolute atomic E-state index is 0.0141. The van der Waals surface area contributed by atoms with Crippen LogP contribution in [-0.4, -0.2) is 6.54 Å². The van der Waals surface area contributed by atoms with Crippen molar-refractivity contribution in [2.75, 3.05) is 6.54 Å². The van der Waals surface area contributed by atoms with E-state index in [4.69, 9.17) is 11.6 Å². The van der Waals surface area contributed by atoms with Crippen molar-refractivity contribution in [2.45, 2.75) is 26.3 Å². The maximum atomic E-state index is 13.5. The van der Waals surface area contributed by atoms with Gasteiger partial charge in [0, 0.05) is 15.5 Å². The van der Waals surface area contributed by atoms with Crippen LogP contribution in [0.2, 0.25) is 5.02 Å². The van der Waals surface area contributed by atoms with Crippen molar-refractivity contribution in [3.8, 4) is 0 Å². The first-order valence-electron chi connectivity index (χ1n) is 6.94. The van der Waals surface area contributed by atoms with E-state index in [1.165, 1.54) is 6.07 Å². The first-order chi connectivity index (χ1) is 10.0. The molecule has 1 unspecified atom stereocenters. The van der Waals surface area contributed by atoms with Gasteiger partial charge in [-0.1, -0.05) is 46.6 Å². The average molecular weight is 371 g/mol. The molecule has 1 atom stereocenters. The lowest BCUT2D eigenvalue weighted by molar-refractivity contribution is 0.540. The van der Waals surface area contributed by atoms with Crippen LogP contribution in [0.25, 0.3) is 0 Å². The predicted octanol–water partition coefficient (Wildman–Crippen LogP) is 5.44. The van der Waals surface area contributed by atoms with Crippen molar-refractivity contribution in [3.05, 3.63) is 68.4 Å². The van der Waals surface area contributed by atoms with E-state index in [2.05, 4.69) is 21.2 Å². The van der Waals surface area contributed by atoms with Crippen molar-refractivity contribution < 1.29 is 4.39 Å². The smallest absolute Gasteiger partial charge is 0.123 e. The summed E-state index contributed by atoms with van der Waals surface area (Å²) in [5, 5.41) is 4.16. The van der Waals surface area contributed by atoms with Crippen LogP contribution in [0.4, 0.5) is 4.39 Å². The highest BCUT2D eigenvalue weighted by Crippen LogP contribution is 2.29. The number of aryl methyl sites for hydroxylation is 1. The van der Waals surface area contributed by atoms with E-state index < -0.39 is 0 Å². The van der Waals surface area contributed by atoms with E-state index >= 15 is 0 Å². The van der Waals surface area contributed by atoms with Gasteiger partial charge in [0.1, 0.15) is 5.82 Å². The molecular weight excluding hydrogens is 353 g/mol. The molecule has 0 radical (unpaired) electrons. The van der Waals surface area contributed by atoms with Crippen LogP contribution in [0, 0.1) is 12.7 Å². The van der Waals surface area contributed by atoms with Gasteiger partial charge in [0.25, 0.3) is 0 Å². The van der Waals surface area contributed by atoms with Crippen LogP contribution in [0.15, 0.2) is 40.9 Å². The van der Waals surface area contributed by atoms with Crippen LogP contribution in [0.1, 0.15) is 29.7 Å². The van der Waals surface area contributed by atoms with Gasteiger partial charge in [-0.15, -0.1) is 0 Å². The molecule has 21 heavy (non-hydrogen) atoms. The molecule has 112 valence electrons. The molecule has 0 aliphatic heterocycles. The Balaban J connectivity index is 2.32. The summed E-state index contributed by atoms with van der Waals surface area (Å²) in [6, 6.07) is 10.8. The summed E-state index contributed by atoms with van der Waals surface area (Å²) in [5.74, 6) is -0.230. The third kappa shape index (κ3) is 4.29. The highest BCUT2D eigenvalue weighted by atomic mass is 79.9. The number of benzene rings is 2. The first kappa shape index (κ1) is 16.5. The quantitative estimate of drug-likeness (QED) is 0.738. The Morgan fingerprint density at radius 2 is 2.00 bits per heavy atom. The van der Waals surface area contributed by atoms with E-state index in [0.717, 1.165) is 39.2 Å². The van der Waals surface area contributed by atoms with Gasteiger partial charge in [0.05, 0.1) is 0 Å². The molecule has 0 aromatic heterocycles. The summed E-state index contributed by atoms with van der Waals surface area (Å²) in [7, 11) is 0. The third-order valence-electron chi connectivity index (χ3n) is 3.42. The van der Waals surface area contributed by atoms with Gasteiger partial charge < -0.3 is 5.32 Å². The van der Waals surface area contributed by atoms with Crippen molar-refractivity contribution in [1.82, 2.24) is 5.32 Å². The van der Waals surface area contributed by atoms with Crippen LogP contribution >= 0.6 is 27.5 Å². The van der Waals surface area contributed by atoms with Crippen molar-refractivity contribution in [3.63, 3.8) is 0 Å². The maximum Gasteiger partial charge on any atom is 0.123 e. The lowest BCUT2D eigenvalue weighted by atomic mass is 9.98. The van der Waals surface area contributed by atoms with Gasteiger partial charge in [-0.05, 0) is 60.8 Å². The molecule has 2 aromatic rings. The number of nitrogens with one attached hydrogen (secondary N) is 1. The van der Waals surface area contributed by atoms with E-state index in [1.807, 2.05) is 32.0 Å². The van der Waals surface area contributed by atoms with Crippen molar-refractivity contribution in [1.29, 1.82) is 0 Å². The number of hydrogen-bond donors (Lipinski definition) is 1. The molecule has 0 heterocycles. The molecule has 0 fully saturated rings. The van der Waals surface area contributed by atoms with Crippen LogP contribution < -0.4 is 5.32 Å². The second kappa shape index (κ2) is 7.39. The fourth-order valence-corrected chi connectivity index (χ4v) is 3.19. The highest BCUT2D eigenvalue weighted by molar-refractivity contribution is 9.10. The highest BCUT2D eigenvalue weighted by Gasteiger charge is 2.16. The third-order valence-corrected chi connectivity index (χ3v) is 4.49. The topological polar surface area (TPSA) is 12.0 Å². The SMILES string of the molecule is CCNC(Cc1ccc(C)cc1Cl)c1cc(F)ccc1Br. The van der Waals surface area contributed by atoms with Crippen molar-refractivity contribution >= 4 is 27.5 Å². The maximum absolute atomic E-state index is 13.5. The molecule has 2 rings (SSSR count). The van der Waals surface area contributed by atoms with Gasteiger partial charge in [0.2, 0.25) is 0 Å². The second-order valence-corrected chi connectivity index (χ2v) is 6.34. The largest absolute Gasteiger partial charge is 0.310 e. The van der Waals surface area contributed by atoms with E-state index in [0.29, 0.717) is 0 Å². The number of rotatable bonds is 5. The lowest BCUT2D eigenvalue weighted by Gasteiger charge is -2.21. The number of halogens is 3. The molecule has 0 saturated heterocycles. The molecule has 0 aliphatic carbocycles. The fraction of sp³-hybridized carbons (Fsp3) is 0.294. The minimum atomic E-state index is -0.230. The first-order valence-corrected chi connectivity index (χ1v) is 8.11. The van der Waals surface area contributed by atoms with Gasteiger partial charge in [-0.3, -0.25) is 0 Å². The summed E-state index contributed by atoms with van der Waals surface area (Å²) in [4.78, 5) is 0. The minimum Gasteiger partial charge on any atom is -0.310 e. The molecule has 0 amide bonds. The summed E-state index contributed by atoms with van der Waals surface area (Å²) < 4.78 is 14.4.